The van der Waals surface area contributed by atoms with Crippen LogP contribution in [0, 0.1) is 11.3 Å². The summed E-state index contributed by atoms with van der Waals surface area (Å²) in [5.41, 5.74) is 0.959. The van der Waals surface area contributed by atoms with Crippen LogP contribution in [0.3, 0.4) is 0 Å². The highest BCUT2D eigenvalue weighted by molar-refractivity contribution is 7.84. The zero-order valence-corrected chi connectivity index (χ0v) is 10.1. The summed E-state index contributed by atoms with van der Waals surface area (Å²) < 4.78 is 16.9. The number of ether oxygens (including phenoxy) is 1. The monoisotopic (exact) mass is 237 g/mol. The lowest BCUT2D eigenvalue weighted by Gasteiger charge is -2.07. The third-order valence-corrected chi connectivity index (χ3v) is 3.55. The van der Waals surface area contributed by atoms with Crippen molar-refractivity contribution in [3.8, 4) is 11.8 Å². The van der Waals surface area contributed by atoms with E-state index in [-0.39, 0.29) is 0 Å². The minimum atomic E-state index is -0.915. The summed E-state index contributed by atoms with van der Waals surface area (Å²) >= 11 is 0. The van der Waals surface area contributed by atoms with E-state index in [0.717, 1.165) is 11.3 Å². The van der Waals surface area contributed by atoms with Crippen LogP contribution in [-0.4, -0.2) is 17.1 Å². The molecule has 0 unspecified atom stereocenters. The van der Waals surface area contributed by atoms with Crippen LogP contribution in [0.25, 0.3) is 0 Å². The van der Waals surface area contributed by atoms with Crippen LogP contribution in [0.4, 0.5) is 0 Å². The fourth-order valence-corrected chi connectivity index (χ4v) is 2.58. The van der Waals surface area contributed by atoms with Gasteiger partial charge < -0.3 is 4.74 Å². The van der Waals surface area contributed by atoms with Crippen molar-refractivity contribution in [3.05, 3.63) is 29.8 Å². The van der Waals surface area contributed by atoms with Gasteiger partial charge in [0.15, 0.2) is 0 Å². The Balaban J connectivity index is 2.53. The molecule has 1 atom stereocenters. The Morgan fingerprint density at radius 1 is 1.44 bits per heavy atom. The fourth-order valence-electron chi connectivity index (χ4n) is 1.38. The number of unbranched alkanes of at least 4 members (excludes halogenated alkanes) is 1. The maximum atomic E-state index is 11.7. The molecule has 0 heterocycles. The van der Waals surface area contributed by atoms with Gasteiger partial charge in [0.2, 0.25) is 0 Å². The number of rotatable bonds is 6. The summed E-state index contributed by atoms with van der Waals surface area (Å²) in [6.45, 7) is 0. The number of nitriles is 1. The Morgan fingerprint density at radius 2 is 2.19 bits per heavy atom. The van der Waals surface area contributed by atoms with E-state index in [4.69, 9.17) is 10.00 Å². The van der Waals surface area contributed by atoms with Crippen LogP contribution < -0.4 is 4.74 Å². The first kappa shape index (κ1) is 12.7. The zero-order chi connectivity index (χ0) is 11.8. The molecule has 0 saturated heterocycles. The van der Waals surface area contributed by atoms with E-state index in [1.54, 1.807) is 7.11 Å². The second-order valence-corrected chi connectivity index (χ2v) is 4.94. The normalized spacial score (nSPS) is 11.8. The predicted octanol–water partition coefficient (Wildman–Crippen LogP) is 2.25. The first-order chi connectivity index (χ1) is 7.77. The number of para-hydroxylation sites is 1. The van der Waals surface area contributed by atoms with Crippen molar-refractivity contribution in [1.82, 2.24) is 0 Å². The minimum Gasteiger partial charge on any atom is -0.496 e. The van der Waals surface area contributed by atoms with Gasteiger partial charge >= 0.3 is 0 Å². The first-order valence-corrected chi connectivity index (χ1v) is 6.60. The van der Waals surface area contributed by atoms with Gasteiger partial charge in [0, 0.05) is 28.5 Å². The van der Waals surface area contributed by atoms with Gasteiger partial charge in [0.05, 0.1) is 18.9 Å². The van der Waals surface area contributed by atoms with Gasteiger partial charge in [0.1, 0.15) is 5.75 Å². The molecular weight excluding hydrogens is 222 g/mol. The molecule has 0 spiro atoms. The Kier molecular flexibility index (Phi) is 5.58. The van der Waals surface area contributed by atoms with Crippen LogP contribution in [0.2, 0.25) is 0 Å². The molecule has 0 saturated carbocycles. The van der Waals surface area contributed by atoms with Crippen LogP contribution in [0.1, 0.15) is 18.4 Å². The number of methoxy groups -OCH3 is 1. The zero-order valence-electron chi connectivity index (χ0n) is 9.31. The molecule has 1 aromatic rings. The molecule has 3 nitrogen and oxygen atoms in total. The smallest absolute Gasteiger partial charge is 0.122 e. The average molecular weight is 237 g/mol. The van der Waals surface area contributed by atoms with E-state index < -0.39 is 10.8 Å². The molecule has 0 aliphatic rings. The van der Waals surface area contributed by atoms with Crippen LogP contribution in [-0.2, 0) is 16.6 Å². The Bertz CT molecular complexity index is 398. The molecule has 0 bridgehead atoms. The van der Waals surface area contributed by atoms with Gasteiger partial charge in [-0.1, -0.05) is 18.2 Å². The SMILES string of the molecule is COc1ccccc1C[S@@](=O)CCCC#N. The van der Waals surface area contributed by atoms with Crippen LogP contribution >= 0.6 is 0 Å². The third-order valence-electron chi connectivity index (χ3n) is 2.17. The molecule has 1 aromatic carbocycles. The van der Waals surface area contributed by atoms with Crippen LogP contribution in [0.5, 0.6) is 5.75 Å². The molecule has 0 aromatic heterocycles. The van der Waals surface area contributed by atoms with Gasteiger partial charge in [-0.2, -0.15) is 5.26 Å². The number of hydrogen-bond donors (Lipinski definition) is 0. The summed E-state index contributed by atoms with van der Waals surface area (Å²) in [6.07, 6.45) is 1.16. The van der Waals surface area contributed by atoms with Crippen molar-refractivity contribution in [3.63, 3.8) is 0 Å². The Morgan fingerprint density at radius 3 is 2.88 bits per heavy atom. The molecule has 0 radical (unpaired) electrons. The molecule has 16 heavy (non-hydrogen) atoms. The van der Waals surface area contributed by atoms with Crippen molar-refractivity contribution >= 4 is 10.8 Å². The molecule has 0 N–H and O–H groups in total. The molecule has 0 amide bonds. The Hall–Kier alpha value is -1.34. The number of benzene rings is 1. The van der Waals surface area contributed by atoms with Crippen molar-refractivity contribution in [2.45, 2.75) is 18.6 Å². The summed E-state index contributed by atoms with van der Waals surface area (Å²) in [5, 5.41) is 8.38. The number of hydrogen-bond acceptors (Lipinski definition) is 3. The largest absolute Gasteiger partial charge is 0.496 e. The Labute approximate surface area is 98.5 Å². The molecular formula is C12H15NO2S. The van der Waals surface area contributed by atoms with Crippen molar-refractivity contribution in [1.29, 1.82) is 5.26 Å². The standard InChI is InChI=1S/C12H15NO2S/c1-15-12-7-3-2-6-11(12)10-16(14)9-5-4-8-13/h2-3,6-7H,4-5,9-10H2,1H3/t16-/m0/s1. The summed E-state index contributed by atoms with van der Waals surface area (Å²) in [4.78, 5) is 0. The van der Waals surface area contributed by atoms with E-state index >= 15 is 0 Å². The van der Waals surface area contributed by atoms with E-state index in [9.17, 15) is 4.21 Å². The van der Waals surface area contributed by atoms with Crippen molar-refractivity contribution < 1.29 is 8.95 Å². The fraction of sp³-hybridized carbons (Fsp3) is 0.417. The maximum absolute atomic E-state index is 11.7. The second kappa shape index (κ2) is 7.02. The molecule has 0 fully saturated rings. The van der Waals surface area contributed by atoms with Crippen molar-refractivity contribution in [2.24, 2.45) is 0 Å². The summed E-state index contributed by atoms with van der Waals surface area (Å²) in [7, 11) is 0.693. The second-order valence-electron chi connectivity index (χ2n) is 3.36. The average Bonchev–Trinajstić information content (AvgIpc) is 2.30. The highest BCUT2D eigenvalue weighted by Crippen LogP contribution is 2.19. The van der Waals surface area contributed by atoms with E-state index in [1.165, 1.54) is 0 Å². The lowest BCUT2D eigenvalue weighted by molar-refractivity contribution is 0.411. The van der Waals surface area contributed by atoms with Crippen molar-refractivity contribution in [2.75, 3.05) is 12.9 Å². The van der Waals surface area contributed by atoms with Gasteiger partial charge in [-0.05, 0) is 12.5 Å². The highest BCUT2D eigenvalue weighted by atomic mass is 32.2. The summed E-state index contributed by atoms with van der Waals surface area (Å²) in [6, 6.07) is 9.63. The molecule has 0 aliphatic carbocycles. The minimum absolute atomic E-state index is 0.470. The van der Waals surface area contributed by atoms with E-state index in [0.29, 0.717) is 24.3 Å². The number of nitrogens with zero attached hydrogens (tertiary/aromatic N) is 1. The van der Waals surface area contributed by atoms with Crippen LogP contribution in [0.15, 0.2) is 24.3 Å². The lowest BCUT2D eigenvalue weighted by atomic mass is 10.2. The predicted molar refractivity (Wildman–Crippen MR) is 64.6 cm³/mol. The molecule has 4 heteroatoms. The maximum Gasteiger partial charge on any atom is 0.122 e. The molecule has 86 valence electrons. The first-order valence-electron chi connectivity index (χ1n) is 5.11. The highest BCUT2D eigenvalue weighted by Gasteiger charge is 2.06. The third kappa shape index (κ3) is 4.03. The van der Waals surface area contributed by atoms with E-state index in [2.05, 4.69) is 6.07 Å². The van der Waals surface area contributed by atoms with Gasteiger partial charge in [-0.15, -0.1) is 0 Å². The van der Waals surface area contributed by atoms with Gasteiger partial charge in [-0.25, -0.2) is 0 Å². The topological polar surface area (TPSA) is 50.1 Å². The van der Waals surface area contributed by atoms with Gasteiger partial charge in [-0.3, -0.25) is 4.21 Å². The lowest BCUT2D eigenvalue weighted by Crippen LogP contribution is -2.02. The van der Waals surface area contributed by atoms with E-state index in [1.807, 2.05) is 24.3 Å². The molecule has 1 rings (SSSR count). The van der Waals surface area contributed by atoms with Gasteiger partial charge in [0.25, 0.3) is 0 Å². The quantitative estimate of drug-likeness (QED) is 0.713. The summed E-state index contributed by atoms with van der Waals surface area (Å²) in [5.74, 6) is 1.84. The molecule has 0 aliphatic heterocycles.